The van der Waals surface area contributed by atoms with Crippen LogP contribution in [-0.2, 0) is 9.59 Å². The monoisotopic (exact) mass is 326 g/mol. The Bertz CT molecular complexity index is 631. The van der Waals surface area contributed by atoms with Gasteiger partial charge in [0, 0.05) is 11.3 Å². The Labute approximate surface area is 132 Å². The summed E-state index contributed by atoms with van der Waals surface area (Å²) in [5.41, 5.74) is 6.28. The summed E-state index contributed by atoms with van der Waals surface area (Å²) in [6.07, 6.45) is 0. The number of carboxylic acid groups (broad SMARTS) is 1. The molecule has 0 aromatic heterocycles. The van der Waals surface area contributed by atoms with Crippen LogP contribution in [0.5, 0.6) is 0 Å². The number of urea groups is 1. The van der Waals surface area contributed by atoms with Gasteiger partial charge < -0.3 is 10.8 Å². The quantitative estimate of drug-likeness (QED) is 0.425. The zero-order valence-electron chi connectivity index (χ0n) is 11.6. The van der Waals surface area contributed by atoms with Crippen molar-refractivity contribution in [3.63, 3.8) is 0 Å². The summed E-state index contributed by atoms with van der Waals surface area (Å²) in [4.78, 5) is 36.8. The van der Waals surface area contributed by atoms with Gasteiger partial charge in [0.1, 0.15) is 18.4 Å². The van der Waals surface area contributed by atoms with Crippen LogP contribution in [0, 0.1) is 5.41 Å². The number of nitrogens with zero attached hydrogens (tertiary/aromatic N) is 2. The molecule has 1 saturated heterocycles. The van der Waals surface area contributed by atoms with Crippen LogP contribution in [0.3, 0.4) is 0 Å². The number of amidine groups is 1. The molecule has 22 heavy (non-hydrogen) atoms. The molecule has 0 saturated carbocycles. The predicted molar refractivity (Wildman–Crippen MR) is 81.4 cm³/mol. The lowest BCUT2D eigenvalue weighted by atomic mass is 10.1. The average molecular weight is 327 g/mol. The molecule has 0 bridgehead atoms. The average Bonchev–Trinajstić information content (AvgIpc) is 2.63. The number of aliphatic carboxylic acids is 1. The number of hydrogen-bond donors (Lipinski definition) is 3. The third kappa shape index (κ3) is 3.01. The molecule has 1 aromatic rings. The fraction of sp³-hybridized carbons (Fsp3) is 0.231. The Morgan fingerprint density at radius 2 is 1.86 bits per heavy atom. The highest BCUT2D eigenvalue weighted by Gasteiger charge is 2.44. The number of imide groups is 1. The van der Waals surface area contributed by atoms with E-state index in [2.05, 4.69) is 0 Å². The number of rotatable bonds is 4. The first kappa shape index (κ1) is 17.4. The molecule has 0 spiro atoms. The summed E-state index contributed by atoms with van der Waals surface area (Å²) >= 11 is 0. The van der Waals surface area contributed by atoms with Gasteiger partial charge in [-0.25, -0.2) is 4.79 Å². The number of nitrogens with one attached hydrogen (secondary N) is 1. The minimum Gasteiger partial charge on any atom is -0.480 e. The fourth-order valence-corrected chi connectivity index (χ4v) is 2.14. The van der Waals surface area contributed by atoms with Crippen molar-refractivity contribution in [1.82, 2.24) is 4.90 Å². The maximum absolute atomic E-state index is 12.2. The van der Waals surface area contributed by atoms with Crippen molar-refractivity contribution in [2.24, 2.45) is 5.73 Å². The molecule has 118 valence electrons. The molecular formula is C13H15ClN4O4. The zero-order chi connectivity index (χ0) is 15.7. The van der Waals surface area contributed by atoms with E-state index in [1.165, 1.54) is 11.8 Å². The number of hydrogen-bond acceptors (Lipinski definition) is 4. The van der Waals surface area contributed by atoms with Crippen molar-refractivity contribution in [3.8, 4) is 0 Å². The van der Waals surface area contributed by atoms with E-state index in [-0.39, 0.29) is 18.2 Å². The van der Waals surface area contributed by atoms with E-state index in [9.17, 15) is 14.4 Å². The van der Waals surface area contributed by atoms with E-state index in [0.717, 1.165) is 0 Å². The maximum atomic E-state index is 12.2. The van der Waals surface area contributed by atoms with E-state index in [4.69, 9.17) is 16.2 Å². The van der Waals surface area contributed by atoms with Crippen LogP contribution in [-0.4, -0.2) is 46.3 Å². The highest BCUT2D eigenvalue weighted by Crippen LogP contribution is 2.25. The smallest absolute Gasteiger partial charge is 0.332 e. The van der Waals surface area contributed by atoms with Gasteiger partial charge in [-0.15, -0.1) is 12.4 Å². The van der Waals surface area contributed by atoms with Crippen molar-refractivity contribution in [3.05, 3.63) is 29.8 Å². The Kier molecular flexibility index (Phi) is 5.10. The number of carbonyl (C=O) groups excluding carboxylic acids is 2. The van der Waals surface area contributed by atoms with E-state index < -0.39 is 30.5 Å². The Morgan fingerprint density at radius 3 is 2.32 bits per heavy atom. The molecule has 2 rings (SSSR count). The topological polar surface area (TPSA) is 128 Å². The number of halogens is 1. The molecule has 0 unspecified atom stereocenters. The number of carboxylic acids is 1. The van der Waals surface area contributed by atoms with Crippen LogP contribution in [0.1, 0.15) is 12.5 Å². The Balaban J connectivity index is 0.00000242. The molecule has 9 heteroatoms. The minimum atomic E-state index is -1.25. The van der Waals surface area contributed by atoms with Crippen LogP contribution in [0.4, 0.5) is 10.5 Å². The van der Waals surface area contributed by atoms with Gasteiger partial charge in [0.25, 0.3) is 5.91 Å². The number of nitrogen functional groups attached to an aromatic ring is 1. The lowest BCUT2D eigenvalue weighted by molar-refractivity contribution is -0.141. The van der Waals surface area contributed by atoms with Gasteiger partial charge in [-0.05, 0) is 31.2 Å². The number of nitrogens with two attached hydrogens (primary N) is 1. The normalized spacial score (nSPS) is 17.4. The molecule has 8 nitrogen and oxygen atoms in total. The van der Waals surface area contributed by atoms with Crippen molar-refractivity contribution >= 4 is 41.8 Å². The summed E-state index contributed by atoms with van der Waals surface area (Å²) < 4.78 is 0. The summed E-state index contributed by atoms with van der Waals surface area (Å²) in [5, 5.41) is 16.1. The van der Waals surface area contributed by atoms with Gasteiger partial charge >= 0.3 is 12.0 Å². The number of carbonyl (C=O) groups is 3. The molecule has 0 aliphatic carbocycles. The van der Waals surface area contributed by atoms with Crippen LogP contribution in [0.2, 0.25) is 0 Å². The largest absolute Gasteiger partial charge is 0.480 e. The first-order chi connectivity index (χ1) is 9.82. The van der Waals surface area contributed by atoms with E-state index in [1.54, 1.807) is 24.3 Å². The fourth-order valence-electron chi connectivity index (χ4n) is 2.14. The van der Waals surface area contributed by atoms with Crippen LogP contribution >= 0.6 is 12.4 Å². The number of amides is 3. The van der Waals surface area contributed by atoms with Gasteiger partial charge in [-0.3, -0.25) is 24.8 Å². The van der Waals surface area contributed by atoms with Crippen LogP contribution in [0.15, 0.2) is 24.3 Å². The van der Waals surface area contributed by atoms with Crippen LogP contribution < -0.4 is 10.6 Å². The van der Waals surface area contributed by atoms with Crippen molar-refractivity contribution in [1.29, 1.82) is 5.41 Å². The Hall–Kier alpha value is -2.61. The van der Waals surface area contributed by atoms with Gasteiger partial charge in [0.15, 0.2) is 0 Å². The second kappa shape index (κ2) is 6.44. The van der Waals surface area contributed by atoms with Gasteiger partial charge in [-0.1, -0.05) is 0 Å². The number of benzene rings is 1. The molecule has 1 aliphatic heterocycles. The number of anilines is 1. The second-order valence-corrected chi connectivity index (χ2v) is 4.61. The van der Waals surface area contributed by atoms with Crippen molar-refractivity contribution in [2.45, 2.75) is 13.0 Å². The van der Waals surface area contributed by atoms with Crippen molar-refractivity contribution < 1.29 is 19.5 Å². The van der Waals surface area contributed by atoms with E-state index >= 15 is 0 Å². The van der Waals surface area contributed by atoms with Gasteiger partial charge in [0.2, 0.25) is 0 Å². The summed E-state index contributed by atoms with van der Waals surface area (Å²) in [6.45, 7) is 0.866. The molecule has 1 heterocycles. The molecule has 1 aliphatic rings. The lowest BCUT2D eigenvalue weighted by Crippen LogP contribution is -2.36. The summed E-state index contributed by atoms with van der Waals surface area (Å²) in [5.74, 6) is -1.92. The summed E-state index contributed by atoms with van der Waals surface area (Å²) in [6, 6.07) is 4.78. The third-order valence-electron chi connectivity index (χ3n) is 3.20. The minimum absolute atomic E-state index is 0. The summed E-state index contributed by atoms with van der Waals surface area (Å²) in [7, 11) is 0. The molecule has 1 atom stereocenters. The zero-order valence-corrected chi connectivity index (χ0v) is 12.5. The molecule has 0 radical (unpaired) electrons. The van der Waals surface area contributed by atoms with E-state index in [0.29, 0.717) is 16.2 Å². The second-order valence-electron chi connectivity index (χ2n) is 4.61. The van der Waals surface area contributed by atoms with Gasteiger partial charge in [-0.2, -0.15) is 0 Å². The predicted octanol–water partition coefficient (Wildman–Crippen LogP) is 0.634. The van der Waals surface area contributed by atoms with Gasteiger partial charge in [0.05, 0.1) is 0 Å². The van der Waals surface area contributed by atoms with Crippen molar-refractivity contribution in [2.75, 3.05) is 11.4 Å². The molecule has 1 aromatic carbocycles. The maximum Gasteiger partial charge on any atom is 0.332 e. The van der Waals surface area contributed by atoms with E-state index in [1.807, 2.05) is 0 Å². The molecular weight excluding hydrogens is 312 g/mol. The first-order valence-corrected chi connectivity index (χ1v) is 6.13. The van der Waals surface area contributed by atoms with Crippen LogP contribution in [0.25, 0.3) is 0 Å². The molecule has 1 fully saturated rings. The molecule has 4 N–H and O–H groups in total. The SMILES string of the molecule is C[C@@H]1C(=O)N(CC(=O)O)C(=O)N1c1ccc(C(=N)N)cc1.Cl. The first-order valence-electron chi connectivity index (χ1n) is 6.13. The lowest BCUT2D eigenvalue weighted by Gasteiger charge is -2.19. The standard InChI is InChI=1S/C13H14N4O4.ClH/c1-7-12(20)16(6-10(18)19)13(21)17(7)9-4-2-8(3-5-9)11(14)15;/h2-5,7H,6H2,1H3,(H3,14,15)(H,18,19);1H/t7-;/m1./s1. The highest BCUT2D eigenvalue weighted by atomic mass is 35.5. The highest BCUT2D eigenvalue weighted by molar-refractivity contribution is 6.15. The Morgan fingerprint density at radius 1 is 1.32 bits per heavy atom. The molecule has 3 amide bonds. The third-order valence-corrected chi connectivity index (χ3v) is 3.20.